The SMILES string of the molecule is CC(=O)Oc1ccc(C(c2ccc(OC(C)=O)cc2)c2ccc(Br)cn2)cc1. The third-order valence-corrected chi connectivity index (χ3v) is 4.47. The third-order valence-electron chi connectivity index (χ3n) is 4.00. The summed E-state index contributed by atoms with van der Waals surface area (Å²) in [7, 11) is 0. The molecule has 0 fully saturated rings. The molecule has 0 aliphatic rings. The first kappa shape index (κ1) is 19.8. The van der Waals surface area contributed by atoms with E-state index in [1.54, 1.807) is 30.5 Å². The summed E-state index contributed by atoms with van der Waals surface area (Å²) >= 11 is 3.41. The first-order valence-electron chi connectivity index (χ1n) is 8.60. The number of pyridine rings is 1. The van der Waals surface area contributed by atoms with Gasteiger partial charge >= 0.3 is 11.9 Å². The van der Waals surface area contributed by atoms with E-state index in [4.69, 9.17) is 9.47 Å². The van der Waals surface area contributed by atoms with Crippen LogP contribution in [0.2, 0.25) is 0 Å². The normalized spacial score (nSPS) is 10.6. The third kappa shape index (κ3) is 5.04. The van der Waals surface area contributed by atoms with Crippen molar-refractivity contribution in [1.82, 2.24) is 4.98 Å². The average Bonchev–Trinajstić information content (AvgIpc) is 2.65. The molecular formula is C22H18BrNO4. The van der Waals surface area contributed by atoms with E-state index in [1.165, 1.54) is 13.8 Å². The van der Waals surface area contributed by atoms with E-state index in [0.717, 1.165) is 21.3 Å². The number of rotatable bonds is 5. The minimum atomic E-state index is -0.361. The van der Waals surface area contributed by atoms with E-state index in [1.807, 2.05) is 36.4 Å². The smallest absolute Gasteiger partial charge is 0.308 e. The molecule has 0 aliphatic heterocycles. The van der Waals surface area contributed by atoms with E-state index in [2.05, 4.69) is 20.9 Å². The van der Waals surface area contributed by atoms with Crippen LogP contribution in [0.5, 0.6) is 11.5 Å². The zero-order chi connectivity index (χ0) is 20.1. The molecule has 5 nitrogen and oxygen atoms in total. The van der Waals surface area contributed by atoms with Gasteiger partial charge in [0, 0.05) is 24.5 Å². The predicted octanol–water partition coefficient (Wildman–Crippen LogP) is 4.87. The maximum atomic E-state index is 11.1. The lowest BCUT2D eigenvalue weighted by Crippen LogP contribution is -2.07. The Labute approximate surface area is 171 Å². The molecule has 0 spiro atoms. The van der Waals surface area contributed by atoms with Crippen molar-refractivity contribution in [3.05, 3.63) is 88.2 Å². The van der Waals surface area contributed by atoms with Crippen LogP contribution >= 0.6 is 15.9 Å². The fourth-order valence-corrected chi connectivity index (χ4v) is 3.12. The monoisotopic (exact) mass is 439 g/mol. The fraction of sp³-hybridized carbons (Fsp3) is 0.136. The van der Waals surface area contributed by atoms with Crippen molar-refractivity contribution in [2.24, 2.45) is 0 Å². The lowest BCUT2D eigenvalue weighted by molar-refractivity contribution is -0.132. The largest absolute Gasteiger partial charge is 0.427 e. The topological polar surface area (TPSA) is 65.5 Å². The predicted molar refractivity (Wildman–Crippen MR) is 108 cm³/mol. The Bertz CT molecular complexity index is 907. The van der Waals surface area contributed by atoms with Crippen LogP contribution < -0.4 is 9.47 Å². The second kappa shape index (κ2) is 8.80. The molecule has 0 N–H and O–H groups in total. The van der Waals surface area contributed by atoms with Gasteiger partial charge in [0.15, 0.2) is 0 Å². The van der Waals surface area contributed by atoms with Gasteiger partial charge in [0.25, 0.3) is 0 Å². The molecule has 3 aromatic rings. The van der Waals surface area contributed by atoms with Crippen molar-refractivity contribution in [3.8, 4) is 11.5 Å². The highest BCUT2D eigenvalue weighted by Gasteiger charge is 2.19. The molecule has 0 atom stereocenters. The summed E-state index contributed by atoms with van der Waals surface area (Å²) in [6, 6.07) is 18.6. The van der Waals surface area contributed by atoms with Crippen molar-refractivity contribution in [2.45, 2.75) is 19.8 Å². The molecule has 2 aromatic carbocycles. The van der Waals surface area contributed by atoms with Crippen LogP contribution in [0.1, 0.15) is 36.6 Å². The molecule has 28 heavy (non-hydrogen) atoms. The molecule has 0 saturated heterocycles. The van der Waals surface area contributed by atoms with Gasteiger partial charge in [-0.15, -0.1) is 0 Å². The van der Waals surface area contributed by atoms with Gasteiger partial charge in [-0.05, 0) is 63.5 Å². The Hall–Kier alpha value is -2.99. The number of nitrogens with zero attached hydrogens (tertiary/aromatic N) is 1. The summed E-state index contributed by atoms with van der Waals surface area (Å²) in [5.74, 6) is 0.124. The molecule has 0 saturated carbocycles. The zero-order valence-electron chi connectivity index (χ0n) is 15.4. The van der Waals surface area contributed by atoms with Crippen LogP contribution in [0, 0.1) is 0 Å². The summed E-state index contributed by atoms with van der Waals surface area (Å²) in [4.78, 5) is 26.8. The van der Waals surface area contributed by atoms with Crippen LogP contribution in [0.25, 0.3) is 0 Å². The molecule has 6 heteroatoms. The Morgan fingerprint density at radius 1 is 0.786 bits per heavy atom. The van der Waals surface area contributed by atoms with Gasteiger partial charge in [0.05, 0.1) is 11.6 Å². The molecule has 0 aliphatic carbocycles. The Balaban J connectivity index is 1.99. The Morgan fingerprint density at radius 3 is 1.61 bits per heavy atom. The molecule has 1 heterocycles. The number of halogens is 1. The maximum absolute atomic E-state index is 11.1. The summed E-state index contributed by atoms with van der Waals surface area (Å²) in [5, 5.41) is 0. The van der Waals surface area contributed by atoms with Gasteiger partial charge < -0.3 is 9.47 Å². The minimum absolute atomic E-state index is 0.133. The lowest BCUT2D eigenvalue weighted by Gasteiger charge is -2.18. The zero-order valence-corrected chi connectivity index (χ0v) is 17.0. The number of carbonyl (C=O) groups is 2. The maximum Gasteiger partial charge on any atom is 0.308 e. The number of benzene rings is 2. The highest BCUT2D eigenvalue weighted by atomic mass is 79.9. The molecule has 1 aromatic heterocycles. The van der Waals surface area contributed by atoms with Crippen molar-refractivity contribution in [1.29, 1.82) is 0 Å². The van der Waals surface area contributed by atoms with Crippen LogP contribution in [-0.4, -0.2) is 16.9 Å². The number of aromatic nitrogens is 1. The number of esters is 2. The Kier molecular flexibility index (Phi) is 6.21. The van der Waals surface area contributed by atoms with Crippen molar-refractivity contribution in [3.63, 3.8) is 0 Å². The van der Waals surface area contributed by atoms with E-state index in [9.17, 15) is 9.59 Å². The summed E-state index contributed by atoms with van der Waals surface area (Å²) in [6.45, 7) is 2.74. The van der Waals surface area contributed by atoms with Crippen molar-refractivity contribution >= 4 is 27.9 Å². The van der Waals surface area contributed by atoms with E-state index >= 15 is 0 Å². The fourth-order valence-electron chi connectivity index (χ4n) is 2.88. The van der Waals surface area contributed by atoms with E-state index in [-0.39, 0.29) is 17.9 Å². The van der Waals surface area contributed by atoms with Gasteiger partial charge in [0.1, 0.15) is 11.5 Å². The molecular weight excluding hydrogens is 422 g/mol. The van der Waals surface area contributed by atoms with Crippen molar-refractivity contribution in [2.75, 3.05) is 0 Å². The van der Waals surface area contributed by atoms with Crippen molar-refractivity contribution < 1.29 is 19.1 Å². The minimum Gasteiger partial charge on any atom is -0.427 e. The number of hydrogen-bond donors (Lipinski definition) is 0. The van der Waals surface area contributed by atoms with Gasteiger partial charge in [-0.25, -0.2) is 0 Å². The Morgan fingerprint density at radius 2 is 1.25 bits per heavy atom. The summed E-state index contributed by atoms with van der Waals surface area (Å²) in [6.07, 6.45) is 1.75. The standard InChI is InChI=1S/C22H18BrNO4/c1-14(25)27-19-8-3-16(4-9-19)22(21-12-7-18(23)13-24-21)17-5-10-20(11-6-17)28-15(2)26/h3-13,22H,1-2H3. The van der Waals surface area contributed by atoms with Gasteiger partial charge in [-0.3, -0.25) is 14.6 Å². The lowest BCUT2D eigenvalue weighted by atomic mass is 9.88. The summed E-state index contributed by atoms with van der Waals surface area (Å²) in [5.41, 5.74) is 2.85. The molecule has 3 rings (SSSR count). The van der Waals surface area contributed by atoms with Gasteiger partial charge in [-0.2, -0.15) is 0 Å². The highest BCUT2D eigenvalue weighted by molar-refractivity contribution is 9.10. The van der Waals surface area contributed by atoms with Crippen LogP contribution in [0.4, 0.5) is 0 Å². The van der Waals surface area contributed by atoms with Crippen LogP contribution in [-0.2, 0) is 9.59 Å². The first-order valence-corrected chi connectivity index (χ1v) is 9.40. The molecule has 142 valence electrons. The van der Waals surface area contributed by atoms with Crippen LogP contribution in [0.3, 0.4) is 0 Å². The molecule has 0 radical (unpaired) electrons. The average molecular weight is 440 g/mol. The highest BCUT2D eigenvalue weighted by Crippen LogP contribution is 2.33. The van der Waals surface area contributed by atoms with Gasteiger partial charge in [-0.1, -0.05) is 24.3 Å². The molecule has 0 bridgehead atoms. The number of carbonyl (C=O) groups excluding carboxylic acids is 2. The quantitative estimate of drug-likeness (QED) is 0.418. The molecule has 0 unspecified atom stereocenters. The van der Waals surface area contributed by atoms with E-state index < -0.39 is 0 Å². The van der Waals surface area contributed by atoms with Crippen LogP contribution in [0.15, 0.2) is 71.3 Å². The van der Waals surface area contributed by atoms with Gasteiger partial charge in [0.2, 0.25) is 0 Å². The second-order valence-electron chi connectivity index (χ2n) is 6.16. The molecule has 0 amide bonds. The first-order chi connectivity index (χ1) is 13.4. The number of ether oxygens (including phenoxy) is 2. The number of hydrogen-bond acceptors (Lipinski definition) is 5. The second-order valence-corrected chi connectivity index (χ2v) is 7.08. The van der Waals surface area contributed by atoms with E-state index in [0.29, 0.717) is 11.5 Å². The summed E-state index contributed by atoms with van der Waals surface area (Å²) < 4.78 is 11.1.